The van der Waals surface area contributed by atoms with E-state index < -0.39 is 0 Å². The fourth-order valence-corrected chi connectivity index (χ4v) is 2.49. The molecule has 1 saturated heterocycles. The number of aryl methyl sites for hydroxylation is 2. The van der Waals surface area contributed by atoms with Crippen molar-refractivity contribution in [1.82, 2.24) is 0 Å². The van der Waals surface area contributed by atoms with E-state index in [1.807, 2.05) is 0 Å². The smallest absolute Gasteiger partial charge is 0.0372 e. The molecule has 0 unspecified atom stereocenters. The van der Waals surface area contributed by atoms with Gasteiger partial charge in [0.25, 0.3) is 0 Å². The second kappa shape index (κ2) is 4.56. The summed E-state index contributed by atoms with van der Waals surface area (Å²) in [6.45, 7) is 6.79. The van der Waals surface area contributed by atoms with E-state index in [0.717, 1.165) is 0 Å². The van der Waals surface area contributed by atoms with E-state index in [1.54, 1.807) is 0 Å². The Balaban J connectivity index is 2.27. The molecule has 1 aromatic carbocycles. The van der Waals surface area contributed by atoms with Crippen LogP contribution in [0, 0.1) is 13.8 Å². The molecule has 1 aliphatic rings. The Kier molecular flexibility index (Phi) is 3.35. The average molecular weight is 268 g/mol. The lowest BCUT2D eigenvalue weighted by Crippen LogP contribution is -2.29. The van der Waals surface area contributed by atoms with Gasteiger partial charge in [-0.25, -0.2) is 0 Å². The van der Waals surface area contributed by atoms with Crippen molar-refractivity contribution < 1.29 is 0 Å². The summed E-state index contributed by atoms with van der Waals surface area (Å²) in [4.78, 5) is 2.51. The van der Waals surface area contributed by atoms with Gasteiger partial charge in [-0.3, -0.25) is 0 Å². The third-order valence-electron chi connectivity index (χ3n) is 3.14. The molecule has 15 heavy (non-hydrogen) atoms. The summed E-state index contributed by atoms with van der Waals surface area (Å²) in [5, 5.41) is 0. The molecule has 0 amide bonds. The lowest BCUT2D eigenvalue weighted by molar-refractivity contribution is 0.577. The van der Waals surface area contributed by atoms with Crippen LogP contribution in [0.15, 0.2) is 16.6 Å². The molecule has 1 nitrogen and oxygen atoms in total. The van der Waals surface area contributed by atoms with Crippen LogP contribution < -0.4 is 4.90 Å². The normalized spacial score (nSPS) is 16.9. The van der Waals surface area contributed by atoms with Crippen molar-refractivity contribution in [2.75, 3.05) is 18.0 Å². The fraction of sp³-hybridized carbons (Fsp3) is 0.538. The van der Waals surface area contributed by atoms with Gasteiger partial charge in [0.05, 0.1) is 0 Å². The first-order valence-electron chi connectivity index (χ1n) is 5.70. The maximum absolute atomic E-state index is 3.62. The highest BCUT2D eigenvalue weighted by Crippen LogP contribution is 2.28. The largest absolute Gasteiger partial charge is 0.372 e. The van der Waals surface area contributed by atoms with E-state index in [2.05, 4.69) is 46.8 Å². The van der Waals surface area contributed by atoms with Crippen molar-refractivity contribution in [1.29, 1.82) is 0 Å². The monoisotopic (exact) mass is 267 g/mol. The SMILES string of the molecule is Cc1cc(N2CCCCC2)cc(C)c1Br. The molecule has 1 aliphatic heterocycles. The van der Waals surface area contributed by atoms with Crippen molar-refractivity contribution in [2.45, 2.75) is 33.1 Å². The third-order valence-corrected chi connectivity index (χ3v) is 4.39. The molecule has 1 aromatic rings. The molecule has 0 spiro atoms. The molecule has 0 N–H and O–H groups in total. The van der Waals surface area contributed by atoms with Crippen LogP contribution in [-0.2, 0) is 0 Å². The number of hydrogen-bond acceptors (Lipinski definition) is 1. The van der Waals surface area contributed by atoms with Crippen molar-refractivity contribution in [3.8, 4) is 0 Å². The highest BCUT2D eigenvalue weighted by atomic mass is 79.9. The summed E-state index contributed by atoms with van der Waals surface area (Å²) < 4.78 is 1.25. The Bertz CT molecular complexity index is 331. The molecule has 0 bridgehead atoms. The minimum absolute atomic E-state index is 1.22. The van der Waals surface area contributed by atoms with E-state index >= 15 is 0 Å². The van der Waals surface area contributed by atoms with Gasteiger partial charge in [0.15, 0.2) is 0 Å². The molecule has 1 heterocycles. The summed E-state index contributed by atoms with van der Waals surface area (Å²) in [5.74, 6) is 0. The second-order valence-corrected chi connectivity index (χ2v) is 5.23. The zero-order valence-corrected chi connectivity index (χ0v) is 11.1. The molecule has 2 rings (SSSR count). The average Bonchev–Trinajstić information content (AvgIpc) is 2.26. The summed E-state index contributed by atoms with van der Waals surface area (Å²) in [5.41, 5.74) is 4.08. The van der Waals surface area contributed by atoms with Crippen molar-refractivity contribution >= 4 is 21.6 Å². The number of anilines is 1. The molecule has 1 fully saturated rings. The summed E-state index contributed by atoms with van der Waals surface area (Å²) in [6, 6.07) is 4.59. The lowest BCUT2D eigenvalue weighted by atomic mass is 10.1. The lowest BCUT2D eigenvalue weighted by Gasteiger charge is -2.29. The van der Waals surface area contributed by atoms with Gasteiger partial charge < -0.3 is 4.90 Å². The van der Waals surface area contributed by atoms with E-state index in [9.17, 15) is 0 Å². The van der Waals surface area contributed by atoms with Crippen LogP contribution in [0.2, 0.25) is 0 Å². The van der Waals surface area contributed by atoms with Gasteiger partial charge in [0.1, 0.15) is 0 Å². The standard InChI is InChI=1S/C13H18BrN/c1-10-8-12(9-11(2)13(10)14)15-6-4-3-5-7-15/h8-9H,3-7H2,1-2H3. The number of rotatable bonds is 1. The third kappa shape index (κ3) is 2.36. The first kappa shape index (κ1) is 11.0. The van der Waals surface area contributed by atoms with E-state index in [1.165, 1.54) is 53.6 Å². The van der Waals surface area contributed by atoms with Gasteiger partial charge in [0, 0.05) is 23.2 Å². The van der Waals surface area contributed by atoms with Gasteiger partial charge >= 0.3 is 0 Å². The van der Waals surface area contributed by atoms with Gasteiger partial charge in [-0.05, 0) is 56.4 Å². The van der Waals surface area contributed by atoms with Crippen molar-refractivity contribution in [3.05, 3.63) is 27.7 Å². The van der Waals surface area contributed by atoms with Crippen LogP contribution >= 0.6 is 15.9 Å². The summed E-state index contributed by atoms with van der Waals surface area (Å²) in [6.07, 6.45) is 4.08. The molecular formula is C13H18BrN. The van der Waals surface area contributed by atoms with Gasteiger partial charge in [-0.1, -0.05) is 15.9 Å². The second-order valence-electron chi connectivity index (χ2n) is 4.44. The molecule has 0 saturated carbocycles. The minimum atomic E-state index is 1.22. The van der Waals surface area contributed by atoms with Gasteiger partial charge in [-0.15, -0.1) is 0 Å². The van der Waals surface area contributed by atoms with Crippen molar-refractivity contribution in [2.24, 2.45) is 0 Å². The number of benzene rings is 1. The fourth-order valence-electron chi connectivity index (χ4n) is 2.26. The maximum Gasteiger partial charge on any atom is 0.0372 e. The predicted octanol–water partition coefficient (Wildman–Crippen LogP) is 4.06. The zero-order valence-electron chi connectivity index (χ0n) is 9.52. The van der Waals surface area contributed by atoms with E-state index in [0.29, 0.717) is 0 Å². The molecule has 0 radical (unpaired) electrons. The summed E-state index contributed by atoms with van der Waals surface area (Å²) in [7, 11) is 0. The predicted molar refractivity (Wildman–Crippen MR) is 69.7 cm³/mol. The summed E-state index contributed by atoms with van der Waals surface area (Å²) >= 11 is 3.62. The van der Waals surface area contributed by atoms with Crippen LogP contribution in [0.25, 0.3) is 0 Å². The molecule has 82 valence electrons. The topological polar surface area (TPSA) is 3.24 Å². The van der Waals surface area contributed by atoms with Crippen LogP contribution in [0.1, 0.15) is 30.4 Å². The first-order valence-corrected chi connectivity index (χ1v) is 6.49. The Hall–Kier alpha value is -0.500. The van der Waals surface area contributed by atoms with E-state index in [-0.39, 0.29) is 0 Å². The maximum atomic E-state index is 3.62. The van der Waals surface area contributed by atoms with Crippen LogP contribution in [0.4, 0.5) is 5.69 Å². The van der Waals surface area contributed by atoms with Crippen molar-refractivity contribution in [3.63, 3.8) is 0 Å². The van der Waals surface area contributed by atoms with Crippen LogP contribution in [0.5, 0.6) is 0 Å². The molecule has 0 aliphatic carbocycles. The number of hydrogen-bond donors (Lipinski definition) is 0. The zero-order chi connectivity index (χ0) is 10.8. The Labute approximate surface area is 101 Å². The Morgan fingerprint density at radius 1 is 1.00 bits per heavy atom. The molecule has 0 atom stereocenters. The quantitative estimate of drug-likeness (QED) is 0.742. The van der Waals surface area contributed by atoms with Gasteiger partial charge in [-0.2, -0.15) is 0 Å². The number of nitrogens with zero attached hydrogens (tertiary/aromatic N) is 1. The Morgan fingerprint density at radius 3 is 2.07 bits per heavy atom. The first-order chi connectivity index (χ1) is 7.18. The van der Waals surface area contributed by atoms with Gasteiger partial charge in [0.2, 0.25) is 0 Å². The minimum Gasteiger partial charge on any atom is -0.372 e. The number of piperidine rings is 1. The van der Waals surface area contributed by atoms with E-state index in [4.69, 9.17) is 0 Å². The molecule has 2 heteroatoms. The Morgan fingerprint density at radius 2 is 1.53 bits per heavy atom. The molecule has 0 aromatic heterocycles. The van der Waals surface area contributed by atoms with Crippen LogP contribution in [0.3, 0.4) is 0 Å². The molecular weight excluding hydrogens is 250 g/mol. The number of halogens is 1. The highest BCUT2D eigenvalue weighted by Gasteiger charge is 2.12. The van der Waals surface area contributed by atoms with Crippen LogP contribution in [-0.4, -0.2) is 13.1 Å². The highest BCUT2D eigenvalue weighted by molar-refractivity contribution is 9.10.